The number of hydrogen-bond donors (Lipinski definition) is 1. The van der Waals surface area contributed by atoms with Crippen LogP contribution in [0, 0.1) is 12.8 Å². The van der Waals surface area contributed by atoms with Gasteiger partial charge in [0.2, 0.25) is 0 Å². The zero-order valence-electron chi connectivity index (χ0n) is 14.6. The summed E-state index contributed by atoms with van der Waals surface area (Å²) in [7, 11) is 1.93. The fraction of sp³-hybridized carbons (Fsp3) is 0.421. The van der Waals surface area contributed by atoms with Crippen LogP contribution in [0.5, 0.6) is 0 Å². The Morgan fingerprint density at radius 2 is 1.96 bits per heavy atom. The Kier molecular flexibility index (Phi) is 4.13. The Balaban J connectivity index is 1.53. The van der Waals surface area contributed by atoms with E-state index < -0.39 is 6.10 Å². The standard InChI is InChI=1S/C19H23N5O/c1-13-3-4-16-15(11-13)18(22-12-21-16)24-8-5-14(6-9-24)17(25)19-20-7-10-23(19)2/h3-4,7,10-12,14,17,25H,5-6,8-9H2,1-2H3. The van der Waals surface area contributed by atoms with E-state index in [4.69, 9.17) is 0 Å². The lowest BCUT2D eigenvalue weighted by Crippen LogP contribution is -2.36. The van der Waals surface area contributed by atoms with Gasteiger partial charge in [-0.3, -0.25) is 0 Å². The highest BCUT2D eigenvalue weighted by Crippen LogP contribution is 2.33. The van der Waals surface area contributed by atoms with E-state index in [9.17, 15) is 5.11 Å². The van der Waals surface area contributed by atoms with E-state index in [-0.39, 0.29) is 5.92 Å². The van der Waals surface area contributed by atoms with Crippen molar-refractivity contribution in [3.63, 3.8) is 0 Å². The molecule has 1 N–H and O–H groups in total. The minimum absolute atomic E-state index is 0.229. The third-order valence-corrected chi connectivity index (χ3v) is 5.18. The van der Waals surface area contributed by atoms with Crippen LogP contribution in [0.15, 0.2) is 36.9 Å². The number of benzene rings is 1. The van der Waals surface area contributed by atoms with Gasteiger partial charge in [-0.2, -0.15) is 0 Å². The molecule has 130 valence electrons. The quantitative estimate of drug-likeness (QED) is 0.796. The first-order chi connectivity index (χ1) is 12.1. The topological polar surface area (TPSA) is 67.1 Å². The summed E-state index contributed by atoms with van der Waals surface area (Å²) in [6.07, 6.45) is 6.59. The Labute approximate surface area is 147 Å². The molecule has 1 fully saturated rings. The van der Waals surface area contributed by atoms with Gasteiger partial charge < -0.3 is 14.6 Å². The monoisotopic (exact) mass is 337 g/mol. The minimum Gasteiger partial charge on any atom is -0.385 e. The molecule has 3 heterocycles. The maximum atomic E-state index is 10.7. The van der Waals surface area contributed by atoms with Gasteiger partial charge in [0, 0.05) is 37.9 Å². The number of hydrogen-bond acceptors (Lipinski definition) is 5. The summed E-state index contributed by atoms with van der Waals surface area (Å²) in [6, 6.07) is 6.28. The zero-order valence-corrected chi connectivity index (χ0v) is 14.6. The number of imidazole rings is 1. The number of fused-ring (bicyclic) bond motifs is 1. The Morgan fingerprint density at radius 3 is 2.68 bits per heavy atom. The van der Waals surface area contributed by atoms with Crippen LogP contribution in [-0.4, -0.2) is 37.7 Å². The van der Waals surface area contributed by atoms with Crippen molar-refractivity contribution in [1.82, 2.24) is 19.5 Å². The van der Waals surface area contributed by atoms with Crippen molar-refractivity contribution in [1.29, 1.82) is 0 Å². The largest absolute Gasteiger partial charge is 0.385 e. The molecule has 1 saturated heterocycles. The van der Waals surface area contributed by atoms with Crippen molar-refractivity contribution in [3.8, 4) is 0 Å². The van der Waals surface area contributed by atoms with Crippen LogP contribution in [0.25, 0.3) is 10.9 Å². The third kappa shape index (κ3) is 2.98. The average Bonchev–Trinajstić information content (AvgIpc) is 3.06. The normalized spacial score (nSPS) is 17.2. The molecule has 1 atom stereocenters. The lowest BCUT2D eigenvalue weighted by molar-refractivity contribution is 0.0824. The summed E-state index contributed by atoms with van der Waals surface area (Å²) in [5.74, 6) is 1.98. The van der Waals surface area contributed by atoms with Crippen molar-refractivity contribution >= 4 is 16.7 Å². The zero-order chi connectivity index (χ0) is 17.4. The number of anilines is 1. The van der Waals surface area contributed by atoms with E-state index in [0.717, 1.165) is 48.5 Å². The highest BCUT2D eigenvalue weighted by atomic mass is 16.3. The summed E-state index contributed by atoms with van der Waals surface area (Å²) in [5, 5.41) is 11.8. The van der Waals surface area contributed by atoms with Crippen molar-refractivity contribution in [2.24, 2.45) is 13.0 Å². The fourth-order valence-corrected chi connectivity index (χ4v) is 3.71. The number of aliphatic hydroxyl groups excluding tert-OH is 1. The molecular weight excluding hydrogens is 314 g/mol. The second-order valence-electron chi connectivity index (χ2n) is 6.88. The second-order valence-corrected chi connectivity index (χ2v) is 6.88. The third-order valence-electron chi connectivity index (χ3n) is 5.18. The maximum absolute atomic E-state index is 10.7. The van der Waals surface area contributed by atoms with Gasteiger partial charge >= 0.3 is 0 Å². The fourth-order valence-electron chi connectivity index (χ4n) is 3.71. The predicted octanol–water partition coefficient (Wildman–Crippen LogP) is 2.62. The number of rotatable bonds is 3. The molecule has 0 spiro atoms. The maximum Gasteiger partial charge on any atom is 0.139 e. The molecule has 0 bridgehead atoms. The highest BCUT2D eigenvalue weighted by Gasteiger charge is 2.29. The van der Waals surface area contributed by atoms with Gasteiger partial charge in [0.15, 0.2) is 0 Å². The Hall–Kier alpha value is -2.47. The molecule has 25 heavy (non-hydrogen) atoms. The Bertz CT molecular complexity index is 882. The van der Waals surface area contributed by atoms with Gasteiger partial charge in [-0.15, -0.1) is 0 Å². The summed E-state index contributed by atoms with van der Waals surface area (Å²) in [5.41, 5.74) is 2.19. The van der Waals surface area contributed by atoms with Crippen molar-refractivity contribution in [2.75, 3.05) is 18.0 Å². The molecule has 6 heteroatoms. The van der Waals surface area contributed by atoms with Crippen LogP contribution in [0.1, 0.15) is 30.3 Å². The molecule has 1 aromatic carbocycles. The first-order valence-electron chi connectivity index (χ1n) is 8.75. The highest BCUT2D eigenvalue weighted by molar-refractivity contribution is 5.89. The lowest BCUT2D eigenvalue weighted by atomic mass is 9.90. The first kappa shape index (κ1) is 16.0. The first-order valence-corrected chi connectivity index (χ1v) is 8.75. The average molecular weight is 337 g/mol. The van der Waals surface area contributed by atoms with E-state index in [1.165, 1.54) is 5.56 Å². The summed E-state index contributed by atoms with van der Waals surface area (Å²) in [6.45, 7) is 3.85. The lowest BCUT2D eigenvalue weighted by Gasteiger charge is -2.35. The number of nitrogens with zero attached hydrogens (tertiary/aromatic N) is 5. The molecule has 1 aliphatic heterocycles. The van der Waals surface area contributed by atoms with Gasteiger partial charge in [-0.25, -0.2) is 15.0 Å². The number of aliphatic hydroxyl groups is 1. The predicted molar refractivity (Wildman–Crippen MR) is 97.4 cm³/mol. The molecule has 4 rings (SSSR count). The van der Waals surface area contributed by atoms with Crippen LogP contribution in [0.2, 0.25) is 0 Å². The van der Waals surface area contributed by atoms with Crippen molar-refractivity contribution in [2.45, 2.75) is 25.9 Å². The summed E-state index contributed by atoms with van der Waals surface area (Å²) >= 11 is 0. The van der Waals surface area contributed by atoms with Gasteiger partial charge in [0.25, 0.3) is 0 Å². The van der Waals surface area contributed by atoms with Gasteiger partial charge in [-0.05, 0) is 37.8 Å². The molecule has 0 radical (unpaired) electrons. The number of aryl methyl sites for hydroxylation is 2. The van der Waals surface area contributed by atoms with Crippen LogP contribution in [-0.2, 0) is 7.05 Å². The molecule has 2 aromatic heterocycles. The number of aromatic nitrogens is 4. The second kappa shape index (κ2) is 6.44. The molecule has 6 nitrogen and oxygen atoms in total. The van der Waals surface area contributed by atoms with Crippen LogP contribution < -0.4 is 4.90 Å². The summed E-state index contributed by atoms with van der Waals surface area (Å²) < 4.78 is 1.90. The number of piperidine rings is 1. The molecule has 0 saturated carbocycles. The smallest absolute Gasteiger partial charge is 0.139 e. The van der Waals surface area contributed by atoms with Crippen LogP contribution in [0.4, 0.5) is 5.82 Å². The molecule has 3 aromatic rings. The van der Waals surface area contributed by atoms with Crippen molar-refractivity contribution in [3.05, 3.63) is 48.3 Å². The van der Waals surface area contributed by atoms with Crippen LogP contribution in [0.3, 0.4) is 0 Å². The Morgan fingerprint density at radius 1 is 1.16 bits per heavy atom. The van der Waals surface area contributed by atoms with Gasteiger partial charge in [0.05, 0.1) is 5.52 Å². The van der Waals surface area contributed by atoms with E-state index in [1.54, 1.807) is 12.5 Å². The van der Waals surface area contributed by atoms with Crippen LogP contribution >= 0.6 is 0 Å². The summed E-state index contributed by atoms with van der Waals surface area (Å²) in [4.78, 5) is 15.5. The van der Waals surface area contributed by atoms with Crippen molar-refractivity contribution < 1.29 is 5.11 Å². The molecule has 0 aliphatic carbocycles. The van der Waals surface area contributed by atoms with E-state index >= 15 is 0 Å². The molecule has 1 unspecified atom stereocenters. The molecule has 1 aliphatic rings. The molecule has 0 amide bonds. The molecular formula is C19H23N5O. The SMILES string of the molecule is Cc1ccc2ncnc(N3CCC(C(O)c4nccn4C)CC3)c2c1. The minimum atomic E-state index is -0.508. The van der Waals surface area contributed by atoms with E-state index in [1.807, 2.05) is 23.9 Å². The van der Waals surface area contributed by atoms with Gasteiger partial charge in [-0.1, -0.05) is 11.6 Å². The van der Waals surface area contributed by atoms with Gasteiger partial charge in [0.1, 0.15) is 24.1 Å². The van der Waals surface area contributed by atoms with E-state index in [0.29, 0.717) is 0 Å². The van der Waals surface area contributed by atoms with E-state index in [2.05, 4.69) is 38.9 Å².